The van der Waals surface area contributed by atoms with Crippen LogP contribution in [0.2, 0.25) is 0 Å². The van der Waals surface area contributed by atoms with E-state index in [0.717, 1.165) is 27.5 Å². The summed E-state index contributed by atoms with van der Waals surface area (Å²) in [6.45, 7) is 12.2. The van der Waals surface area contributed by atoms with Crippen molar-refractivity contribution in [3.8, 4) is 16.9 Å². The molecule has 1 amide bonds. The molecule has 1 heterocycles. The van der Waals surface area contributed by atoms with Crippen LogP contribution < -0.4 is 15.6 Å². The van der Waals surface area contributed by atoms with Crippen molar-refractivity contribution in [3.05, 3.63) is 86.1 Å². The van der Waals surface area contributed by atoms with Crippen LogP contribution in [0, 0.1) is 32.5 Å². The number of esters is 1. The molecule has 0 aliphatic heterocycles. The minimum Gasteiger partial charge on any atom is -0.497 e. The highest BCUT2D eigenvalue weighted by Gasteiger charge is 2.35. The van der Waals surface area contributed by atoms with Crippen LogP contribution in [0.25, 0.3) is 11.1 Å². The highest BCUT2D eigenvalue weighted by Crippen LogP contribution is 2.36. The van der Waals surface area contributed by atoms with Crippen LogP contribution in [0.15, 0.2) is 41.3 Å². The lowest BCUT2D eigenvalue weighted by Crippen LogP contribution is -2.41. The first-order valence-corrected chi connectivity index (χ1v) is 15.3. The number of hydrogen-bond acceptors (Lipinski definition) is 5. The van der Waals surface area contributed by atoms with E-state index in [1.165, 1.54) is 6.92 Å². The summed E-state index contributed by atoms with van der Waals surface area (Å²) in [7, 11) is 1.56. The van der Waals surface area contributed by atoms with E-state index < -0.39 is 53.5 Å². The molecule has 0 saturated carbocycles. The molecular weight excluding hydrogens is 604 g/mol. The van der Waals surface area contributed by atoms with Gasteiger partial charge in [0.15, 0.2) is 0 Å². The number of carbonyl (C=O) groups is 2. The molecule has 1 unspecified atom stereocenters. The van der Waals surface area contributed by atoms with E-state index in [2.05, 4.69) is 5.32 Å². The number of amides is 1. The number of rotatable bonds is 12. The first-order chi connectivity index (χ1) is 21.5. The summed E-state index contributed by atoms with van der Waals surface area (Å²) < 4.78 is 68.4. The van der Waals surface area contributed by atoms with Crippen molar-refractivity contribution in [1.29, 1.82) is 0 Å². The maximum atomic E-state index is 15.9. The Bertz CT molecular complexity index is 1620. The maximum Gasteiger partial charge on any atom is 0.416 e. The van der Waals surface area contributed by atoms with E-state index in [4.69, 9.17) is 9.47 Å². The van der Waals surface area contributed by atoms with E-state index in [9.17, 15) is 27.6 Å². The smallest absolute Gasteiger partial charge is 0.416 e. The van der Waals surface area contributed by atoms with E-state index in [1.807, 2.05) is 26.0 Å². The van der Waals surface area contributed by atoms with Crippen molar-refractivity contribution in [1.82, 2.24) is 9.88 Å². The summed E-state index contributed by atoms with van der Waals surface area (Å²) in [5, 5.41) is 2.75. The highest BCUT2D eigenvalue weighted by molar-refractivity contribution is 5.82. The van der Waals surface area contributed by atoms with Crippen LogP contribution in [-0.4, -0.2) is 30.2 Å². The molecule has 3 rings (SSSR count). The largest absolute Gasteiger partial charge is 0.497 e. The first-order valence-electron chi connectivity index (χ1n) is 15.3. The van der Waals surface area contributed by atoms with Gasteiger partial charge < -0.3 is 19.4 Å². The third-order valence-corrected chi connectivity index (χ3v) is 7.86. The molecular formula is C35H42F4N2O5. The molecule has 2 aromatic carbocycles. The molecule has 250 valence electrons. The Morgan fingerprint density at radius 2 is 1.61 bits per heavy atom. The minimum atomic E-state index is -4.74. The number of aryl methyl sites for hydroxylation is 4. The van der Waals surface area contributed by atoms with Gasteiger partial charge in [-0.25, -0.2) is 4.39 Å². The Kier molecular flexibility index (Phi) is 11.8. The Balaban J connectivity index is 2.17. The second kappa shape index (κ2) is 15.0. The van der Waals surface area contributed by atoms with Gasteiger partial charge in [-0.05, 0) is 104 Å². The van der Waals surface area contributed by atoms with Crippen molar-refractivity contribution in [3.63, 3.8) is 0 Å². The summed E-state index contributed by atoms with van der Waals surface area (Å²) in [6.07, 6.45) is -4.03. The Hall–Kier alpha value is -4.15. The van der Waals surface area contributed by atoms with Gasteiger partial charge in [-0.2, -0.15) is 13.2 Å². The molecule has 3 aromatic rings. The molecule has 0 saturated heterocycles. The van der Waals surface area contributed by atoms with Crippen LogP contribution in [0.5, 0.6) is 5.75 Å². The fraction of sp³-hybridized carbons (Fsp3) is 0.457. The fourth-order valence-corrected chi connectivity index (χ4v) is 5.76. The number of methoxy groups -OCH3 is 1. The summed E-state index contributed by atoms with van der Waals surface area (Å²) in [5.74, 6) is -1.56. The topological polar surface area (TPSA) is 86.6 Å². The van der Waals surface area contributed by atoms with Crippen molar-refractivity contribution in [2.24, 2.45) is 5.92 Å². The number of benzene rings is 2. The number of pyridine rings is 1. The standard InChI is InChI=1S/C35H42F4N2O5/c1-9-23-18-41(30(42)16-27(23)35(37,38)39)29(11-19(3)4)34(44)40-28(17-31(43)46-10-2)26-15-24(12-22(7)33(26)36)32-20(5)13-25(45-8)14-21(32)6/h12-16,18-19,28-29H,9-11,17H2,1-8H3,(H,40,44)/t28-,29?/m0/s1. The van der Waals surface area contributed by atoms with Gasteiger partial charge in [0.2, 0.25) is 5.91 Å². The molecule has 11 heteroatoms. The number of carbonyl (C=O) groups excluding carboxylic acids is 2. The molecule has 46 heavy (non-hydrogen) atoms. The van der Waals surface area contributed by atoms with Crippen LogP contribution in [0.4, 0.5) is 17.6 Å². The highest BCUT2D eigenvalue weighted by atomic mass is 19.4. The van der Waals surface area contributed by atoms with Crippen LogP contribution in [-0.2, 0) is 26.9 Å². The number of nitrogens with one attached hydrogen (secondary N) is 1. The van der Waals surface area contributed by atoms with Crippen LogP contribution in [0.3, 0.4) is 0 Å². The summed E-state index contributed by atoms with van der Waals surface area (Å²) >= 11 is 0. The molecule has 7 nitrogen and oxygen atoms in total. The van der Waals surface area contributed by atoms with E-state index in [0.29, 0.717) is 17.4 Å². The third-order valence-electron chi connectivity index (χ3n) is 7.86. The number of ether oxygens (including phenoxy) is 2. The number of halogens is 4. The Morgan fingerprint density at radius 1 is 0.978 bits per heavy atom. The van der Waals surface area contributed by atoms with Crippen molar-refractivity contribution in [2.75, 3.05) is 13.7 Å². The molecule has 0 aliphatic rings. The van der Waals surface area contributed by atoms with Crippen LogP contribution >= 0.6 is 0 Å². The minimum absolute atomic E-state index is 0.0297. The average Bonchev–Trinajstić information content (AvgIpc) is 2.96. The molecule has 0 bridgehead atoms. The van der Waals surface area contributed by atoms with E-state index in [-0.39, 0.29) is 42.1 Å². The molecule has 2 atom stereocenters. The summed E-state index contributed by atoms with van der Waals surface area (Å²) in [6, 6.07) is 5.01. The lowest BCUT2D eigenvalue weighted by Gasteiger charge is -2.27. The molecule has 1 N–H and O–H groups in total. The predicted octanol–water partition coefficient (Wildman–Crippen LogP) is 7.57. The second-order valence-electron chi connectivity index (χ2n) is 11.9. The SMILES string of the molecule is CCOC(=O)C[C@H](NC(=O)C(CC(C)C)n1cc(CC)c(C(F)(F)F)cc1=O)c1cc(-c2c(C)cc(OC)cc2C)cc(C)c1F. The van der Waals surface area contributed by atoms with Crippen molar-refractivity contribution >= 4 is 11.9 Å². The lowest BCUT2D eigenvalue weighted by molar-refractivity contribution is -0.144. The predicted molar refractivity (Wildman–Crippen MR) is 168 cm³/mol. The molecule has 0 fully saturated rings. The fourth-order valence-electron chi connectivity index (χ4n) is 5.76. The molecule has 0 aliphatic carbocycles. The first kappa shape index (κ1) is 36.3. The van der Waals surface area contributed by atoms with Gasteiger partial charge >= 0.3 is 12.1 Å². The second-order valence-corrected chi connectivity index (χ2v) is 11.9. The number of aromatic nitrogens is 1. The van der Waals surface area contributed by atoms with Gasteiger partial charge in [-0.3, -0.25) is 14.4 Å². The van der Waals surface area contributed by atoms with Crippen molar-refractivity contribution < 1.29 is 36.6 Å². The van der Waals surface area contributed by atoms with Gasteiger partial charge in [0.25, 0.3) is 5.56 Å². The number of alkyl halides is 3. The molecule has 0 radical (unpaired) electrons. The maximum absolute atomic E-state index is 15.9. The number of nitrogens with zero attached hydrogens (tertiary/aromatic N) is 1. The quantitative estimate of drug-likeness (QED) is 0.162. The van der Waals surface area contributed by atoms with Gasteiger partial charge in [-0.15, -0.1) is 0 Å². The zero-order valence-corrected chi connectivity index (χ0v) is 27.5. The van der Waals surface area contributed by atoms with Gasteiger partial charge in [-0.1, -0.05) is 20.8 Å². The zero-order chi connectivity index (χ0) is 34.5. The Morgan fingerprint density at radius 3 is 2.13 bits per heavy atom. The van der Waals surface area contributed by atoms with Gasteiger partial charge in [0, 0.05) is 17.8 Å². The normalized spacial score (nSPS) is 13.0. The monoisotopic (exact) mass is 646 g/mol. The summed E-state index contributed by atoms with van der Waals surface area (Å²) in [5.41, 5.74) is 1.32. The van der Waals surface area contributed by atoms with Crippen LogP contribution in [0.1, 0.15) is 86.0 Å². The summed E-state index contributed by atoms with van der Waals surface area (Å²) in [4.78, 5) is 39.8. The molecule has 1 aromatic heterocycles. The lowest BCUT2D eigenvalue weighted by atomic mass is 9.90. The van der Waals surface area contributed by atoms with Gasteiger partial charge in [0.1, 0.15) is 17.6 Å². The third kappa shape index (κ3) is 8.35. The van der Waals surface area contributed by atoms with E-state index >= 15 is 4.39 Å². The Labute approximate surface area is 266 Å². The average molecular weight is 647 g/mol. The van der Waals surface area contributed by atoms with Gasteiger partial charge in [0.05, 0.1) is 31.7 Å². The zero-order valence-electron chi connectivity index (χ0n) is 27.5. The van der Waals surface area contributed by atoms with Crippen molar-refractivity contribution in [2.45, 2.75) is 86.0 Å². The molecule has 0 spiro atoms. The van der Waals surface area contributed by atoms with E-state index in [1.54, 1.807) is 46.9 Å². The number of hydrogen-bond donors (Lipinski definition) is 1.